The minimum Gasteiger partial charge on any atom is -0.480 e. The Morgan fingerprint density at radius 2 is 2.16 bits per heavy atom. The van der Waals surface area contributed by atoms with Crippen LogP contribution in [-0.4, -0.2) is 33.2 Å². The normalized spacial score (nSPS) is 12.4. The van der Waals surface area contributed by atoms with Crippen molar-refractivity contribution < 1.29 is 14.7 Å². The highest BCUT2D eigenvalue weighted by molar-refractivity contribution is 5.95. The van der Waals surface area contributed by atoms with Gasteiger partial charge in [0.15, 0.2) is 0 Å². The molecule has 6 nitrogen and oxygen atoms in total. The van der Waals surface area contributed by atoms with Gasteiger partial charge in [-0.3, -0.25) is 9.89 Å². The first-order chi connectivity index (χ1) is 8.95. The van der Waals surface area contributed by atoms with Gasteiger partial charge in [-0.2, -0.15) is 5.10 Å². The number of aromatic amines is 1. The number of carbonyl (C=O) groups is 2. The van der Waals surface area contributed by atoms with Gasteiger partial charge in [0.05, 0.1) is 0 Å². The highest BCUT2D eigenvalue weighted by atomic mass is 16.4. The van der Waals surface area contributed by atoms with E-state index >= 15 is 0 Å². The lowest BCUT2D eigenvalue weighted by Gasteiger charge is -2.12. The summed E-state index contributed by atoms with van der Waals surface area (Å²) in [5.41, 5.74) is 1.08. The van der Waals surface area contributed by atoms with Crippen molar-refractivity contribution in [1.82, 2.24) is 15.5 Å². The van der Waals surface area contributed by atoms with Gasteiger partial charge in [0, 0.05) is 5.69 Å². The molecule has 6 heteroatoms. The maximum atomic E-state index is 11.9. The summed E-state index contributed by atoms with van der Waals surface area (Å²) in [6, 6.07) is 0.797. The summed E-state index contributed by atoms with van der Waals surface area (Å²) < 4.78 is 0. The predicted octanol–water partition coefficient (Wildman–Crippen LogP) is 1.91. The zero-order valence-corrected chi connectivity index (χ0v) is 11.6. The van der Waals surface area contributed by atoms with Crippen LogP contribution in [0.1, 0.15) is 62.1 Å². The number of carbonyl (C=O) groups excluding carboxylic acids is 1. The molecule has 106 valence electrons. The molecule has 0 spiro atoms. The van der Waals surface area contributed by atoms with Crippen LogP contribution in [-0.2, 0) is 4.79 Å². The number of rotatable bonds is 7. The van der Waals surface area contributed by atoms with Gasteiger partial charge < -0.3 is 10.4 Å². The van der Waals surface area contributed by atoms with Crippen LogP contribution in [0.4, 0.5) is 0 Å². The number of aromatic nitrogens is 2. The topological polar surface area (TPSA) is 95.1 Å². The van der Waals surface area contributed by atoms with Crippen LogP contribution < -0.4 is 5.32 Å². The van der Waals surface area contributed by atoms with Gasteiger partial charge in [-0.1, -0.05) is 33.6 Å². The van der Waals surface area contributed by atoms with E-state index in [-0.39, 0.29) is 11.6 Å². The summed E-state index contributed by atoms with van der Waals surface area (Å²) in [5.74, 6) is -1.22. The molecule has 1 amide bonds. The Balaban J connectivity index is 2.67. The number of carboxylic acids is 1. The lowest BCUT2D eigenvalue weighted by Crippen LogP contribution is -2.40. The summed E-state index contributed by atoms with van der Waals surface area (Å²) in [5, 5.41) is 18.2. The molecular weight excluding hydrogens is 246 g/mol. The minimum atomic E-state index is -1.01. The maximum Gasteiger partial charge on any atom is 0.326 e. The SMILES string of the molecule is CCCC[C@H](NC(=O)c1cc(C(C)C)[nH]n1)C(=O)O. The van der Waals surface area contributed by atoms with E-state index in [2.05, 4.69) is 15.5 Å². The van der Waals surface area contributed by atoms with Crippen molar-refractivity contribution in [3.05, 3.63) is 17.5 Å². The Kier molecular flexibility index (Phi) is 5.54. The van der Waals surface area contributed by atoms with Crippen molar-refractivity contribution in [2.45, 2.75) is 52.0 Å². The third kappa shape index (κ3) is 4.39. The van der Waals surface area contributed by atoms with Crippen molar-refractivity contribution in [3.63, 3.8) is 0 Å². The van der Waals surface area contributed by atoms with Crippen molar-refractivity contribution in [3.8, 4) is 0 Å². The number of unbranched alkanes of at least 4 members (excludes halogenated alkanes) is 1. The monoisotopic (exact) mass is 267 g/mol. The number of hydrogen-bond acceptors (Lipinski definition) is 3. The number of nitrogens with zero attached hydrogens (tertiary/aromatic N) is 1. The summed E-state index contributed by atoms with van der Waals surface area (Å²) in [4.78, 5) is 22.9. The lowest BCUT2D eigenvalue weighted by molar-refractivity contribution is -0.139. The first-order valence-electron chi connectivity index (χ1n) is 6.54. The predicted molar refractivity (Wildman–Crippen MR) is 71.1 cm³/mol. The molecule has 0 radical (unpaired) electrons. The van der Waals surface area contributed by atoms with Gasteiger partial charge in [-0.25, -0.2) is 4.79 Å². The smallest absolute Gasteiger partial charge is 0.326 e. The molecule has 0 aliphatic rings. The number of aliphatic carboxylic acids is 1. The van der Waals surface area contributed by atoms with Crippen LogP contribution in [0.25, 0.3) is 0 Å². The van der Waals surface area contributed by atoms with Gasteiger partial charge in [-0.05, 0) is 18.4 Å². The Bertz CT molecular complexity index is 440. The van der Waals surface area contributed by atoms with Gasteiger partial charge in [0.2, 0.25) is 0 Å². The summed E-state index contributed by atoms with van der Waals surface area (Å²) in [7, 11) is 0. The number of H-pyrrole nitrogens is 1. The van der Waals surface area contributed by atoms with Crippen LogP contribution >= 0.6 is 0 Å². The van der Waals surface area contributed by atoms with Crippen LogP contribution in [0, 0.1) is 0 Å². The molecule has 1 aromatic rings. The van der Waals surface area contributed by atoms with E-state index in [1.165, 1.54) is 0 Å². The molecule has 1 atom stereocenters. The first-order valence-corrected chi connectivity index (χ1v) is 6.54. The summed E-state index contributed by atoms with van der Waals surface area (Å²) in [6.45, 7) is 5.94. The molecule has 0 saturated heterocycles. The standard InChI is InChI=1S/C13H21N3O3/c1-4-5-6-9(13(18)19)14-12(17)11-7-10(8(2)3)15-16-11/h7-9H,4-6H2,1-3H3,(H,14,17)(H,15,16)(H,18,19)/t9-/m0/s1. The molecule has 0 fully saturated rings. The van der Waals surface area contributed by atoms with Crippen molar-refractivity contribution in [2.75, 3.05) is 0 Å². The zero-order chi connectivity index (χ0) is 14.4. The molecule has 1 heterocycles. The number of carboxylic acid groups (broad SMARTS) is 1. The molecule has 0 aliphatic heterocycles. The molecule has 0 aliphatic carbocycles. The van der Waals surface area contributed by atoms with E-state index in [9.17, 15) is 9.59 Å². The fraction of sp³-hybridized carbons (Fsp3) is 0.615. The molecule has 1 aromatic heterocycles. The number of hydrogen-bond donors (Lipinski definition) is 3. The van der Waals surface area contributed by atoms with E-state index in [1.807, 2.05) is 20.8 Å². The van der Waals surface area contributed by atoms with Crippen molar-refractivity contribution in [2.24, 2.45) is 0 Å². The van der Waals surface area contributed by atoms with E-state index in [0.717, 1.165) is 18.5 Å². The van der Waals surface area contributed by atoms with E-state index < -0.39 is 17.9 Å². The fourth-order valence-corrected chi connectivity index (χ4v) is 1.65. The van der Waals surface area contributed by atoms with Crippen molar-refractivity contribution in [1.29, 1.82) is 0 Å². The zero-order valence-electron chi connectivity index (χ0n) is 11.6. The average molecular weight is 267 g/mol. The van der Waals surface area contributed by atoms with Crippen LogP contribution in [0.3, 0.4) is 0 Å². The second kappa shape index (κ2) is 6.92. The Morgan fingerprint density at radius 1 is 1.47 bits per heavy atom. The van der Waals surface area contributed by atoms with Gasteiger partial charge in [-0.15, -0.1) is 0 Å². The minimum absolute atomic E-state index is 0.228. The quantitative estimate of drug-likeness (QED) is 0.703. The highest BCUT2D eigenvalue weighted by Crippen LogP contribution is 2.12. The van der Waals surface area contributed by atoms with E-state index in [1.54, 1.807) is 6.07 Å². The average Bonchev–Trinajstić information content (AvgIpc) is 2.83. The summed E-state index contributed by atoms with van der Waals surface area (Å²) in [6.07, 6.45) is 2.08. The third-order valence-corrected chi connectivity index (χ3v) is 2.90. The fourth-order valence-electron chi connectivity index (χ4n) is 1.65. The van der Waals surface area contributed by atoms with Crippen LogP contribution in [0.15, 0.2) is 6.07 Å². The van der Waals surface area contributed by atoms with E-state index in [0.29, 0.717) is 6.42 Å². The molecule has 0 unspecified atom stereocenters. The second-order valence-corrected chi connectivity index (χ2v) is 4.87. The molecule has 0 saturated carbocycles. The Hall–Kier alpha value is -1.85. The van der Waals surface area contributed by atoms with E-state index in [4.69, 9.17) is 5.11 Å². The molecule has 19 heavy (non-hydrogen) atoms. The van der Waals surface area contributed by atoms with Crippen LogP contribution in [0.2, 0.25) is 0 Å². The van der Waals surface area contributed by atoms with Gasteiger partial charge >= 0.3 is 5.97 Å². The molecule has 1 rings (SSSR count). The maximum absolute atomic E-state index is 11.9. The van der Waals surface area contributed by atoms with Gasteiger partial charge in [0.25, 0.3) is 5.91 Å². The summed E-state index contributed by atoms with van der Waals surface area (Å²) >= 11 is 0. The third-order valence-electron chi connectivity index (χ3n) is 2.90. The number of amides is 1. The van der Waals surface area contributed by atoms with Gasteiger partial charge in [0.1, 0.15) is 11.7 Å². The Labute approximate surface area is 112 Å². The molecule has 3 N–H and O–H groups in total. The second-order valence-electron chi connectivity index (χ2n) is 4.87. The first kappa shape index (κ1) is 15.2. The molecular formula is C13H21N3O3. The largest absolute Gasteiger partial charge is 0.480 e. The lowest BCUT2D eigenvalue weighted by atomic mass is 10.1. The van der Waals surface area contributed by atoms with Crippen molar-refractivity contribution >= 4 is 11.9 Å². The molecule has 0 aromatic carbocycles. The highest BCUT2D eigenvalue weighted by Gasteiger charge is 2.21. The molecule has 0 bridgehead atoms. The Morgan fingerprint density at radius 3 is 2.63 bits per heavy atom. The number of nitrogens with one attached hydrogen (secondary N) is 2. The van der Waals surface area contributed by atoms with Crippen LogP contribution in [0.5, 0.6) is 0 Å².